The molecule has 1 aromatic heterocycles. The zero-order chi connectivity index (χ0) is 25.2. The normalized spacial score (nSPS) is 22.1. The van der Waals surface area contributed by atoms with E-state index in [1.165, 1.54) is 19.2 Å². The van der Waals surface area contributed by atoms with Crippen molar-refractivity contribution >= 4 is 44.1 Å². The average Bonchev–Trinajstić information content (AvgIpc) is 3.29. The zero-order valence-corrected chi connectivity index (χ0v) is 20.0. The molecular formula is C25H22F3N3O3S. The van der Waals surface area contributed by atoms with Gasteiger partial charge in [0, 0.05) is 17.8 Å². The molecule has 5 rings (SSSR count). The van der Waals surface area contributed by atoms with Crippen molar-refractivity contribution in [3.05, 3.63) is 59.8 Å². The largest absolute Gasteiger partial charge is 0.497 e. The van der Waals surface area contributed by atoms with Crippen LogP contribution in [0.4, 0.5) is 24.0 Å². The van der Waals surface area contributed by atoms with Crippen LogP contribution in [0.2, 0.25) is 0 Å². The van der Waals surface area contributed by atoms with E-state index in [0.717, 1.165) is 16.2 Å². The Hall–Kier alpha value is -3.40. The fraction of sp³-hybridized carbons (Fsp3) is 0.320. The molecule has 1 aliphatic carbocycles. The number of fused-ring (bicyclic) bond motifs is 1. The molecule has 2 aromatic carbocycles. The molecule has 182 valence electrons. The number of Topliss-reactive ketones (excluding diaryl/α,β-unsaturated/α-hetero) is 1. The third-order valence-corrected chi connectivity index (χ3v) is 7.32. The summed E-state index contributed by atoms with van der Waals surface area (Å²) in [5.74, 6) is -1.48. The van der Waals surface area contributed by atoms with Gasteiger partial charge in [-0.3, -0.25) is 14.5 Å². The van der Waals surface area contributed by atoms with Crippen molar-refractivity contribution in [3.63, 3.8) is 0 Å². The lowest BCUT2D eigenvalue weighted by Gasteiger charge is -2.35. The Morgan fingerprint density at radius 3 is 2.37 bits per heavy atom. The van der Waals surface area contributed by atoms with Crippen LogP contribution in [0.25, 0.3) is 10.2 Å². The summed E-state index contributed by atoms with van der Waals surface area (Å²) in [6, 6.07) is 13.0. The van der Waals surface area contributed by atoms with Gasteiger partial charge < -0.3 is 10.1 Å². The molecule has 0 bridgehead atoms. The Morgan fingerprint density at radius 1 is 1.06 bits per heavy atom. The number of halogens is 3. The van der Waals surface area contributed by atoms with E-state index >= 15 is 13.2 Å². The minimum Gasteiger partial charge on any atom is -0.497 e. The second-order valence-electron chi connectivity index (χ2n) is 9.46. The quantitative estimate of drug-likeness (QED) is 0.496. The highest BCUT2D eigenvalue weighted by Crippen LogP contribution is 2.54. The molecule has 35 heavy (non-hydrogen) atoms. The monoisotopic (exact) mass is 501 g/mol. The van der Waals surface area contributed by atoms with E-state index < -0.39 is 34.4 Å². The molecule has 0 unspecified atom stereocenters. The van der Waals surface area contributed by atoms with E-state index in [0.29, 0.717) is 16.0 Å². The van der Waals surface area contributed by atoms with Crippen molar-refractivity contribution in [3.8, 4) is 5.75 Å². The van der Waals surface area contributed by atoms with Crippen molar-refractivity contribution in [1.82, 2.24) is 4.98 Å². The van der Waals surface area contributed by atoms with Crippen LogP contribution in [0.1, 0.15) is 26.7 Å². The Bertz CT molecular complexity index is 1340. The van der Waals surface area contributed by atoms with E-state index in [9.17, 15) is 9.59 Å². The lowest BCUT2D eigenvalue weighted by atomic mass is 9.72. The molecular weight excluding hydrogens is 479 g/mol. The Morgan fingerprint density at radius 2 is 1.74 bits per heavy atom. The highest BCUT2D eigenvalue weighted by atomic mass is 32.1. The Kier molecular flexibility index (Phi) is 5.21. The molecule has 2 aliphatic rings. The van der Waals surface area contributed by atoms with Crippen molar-refractivity contribution in [2.75, 3.05) is 17.3 Å². The summed E-state index contributed by atoms with van der Waals surface area (Å²) in [7, 11) is 1.47. The van der Waals surface area contributed by atoms with Crippen LogP contribution in [0.15, 0.2) is 59.8 Å². The average molecular weight is 502 g/mol. The number of ketones is 1. The number of amides is 1. The maximum absolute atomic E-state index is 15.0. The molecule has 2 heterocycles. The van der Waals surface area contributed by atoms with Gasteiger partial charge >= 0.3 is 6.18 Å². The Balaban J connectivity index is 1.72. The summed E-state index contributed by atoms with van der Waals surface area (Å²) < 4.78 is 50.8. The number of allylic oxidation sites excluding steroid dienone is 1. The molecule has 10 heteroatoms. The van der Waals surface area contributed by atoms with Gasteiger partial charge in [0.15, 0.2) is 10.9 Å². The summed E-state index contributed by atoms with van der Waals surface area (Å²) in [6.45, 7) is 3.61. The van der Waals surface area contributed by atoms with Crippen LogP contribution in [0.5, 0.6) is 5.75 Å². The number of para-hydroxylation sites is 1. The SMILES string of the molecule is COc1ccc(N2C(=O)[C@@](Nc3nc4ccccc4s3)(C(F)(F)F)C3=C2CC(C)(C)CC3=O)cc1. The first kappa shape index (κ1) is 23.3. The molecule has 6 nitrogen and oxygen atoms in total. The van der Waals surface area contributed by atoms with Gasteiger partial charge in [-0.05, 0) is 48.2 Å². The maximum Gasteiger partial charge on any atom is 0.425 e. The van der Waals surface area contributed by atoms with Gasteiger partial charge in [-0.15, -0.1) is 0 Å². The third-order valence-electron chi connectivity index (χ3n) is 6.37. The van der Waals surface area contributed by atoms with E-state index in [2.05, 4.69) is 10.3 Å². The van der Waals surface area contributed by atoms with Gasteiger partial charge in [0.2, 0.25) is 5.54 Å². The first-order chi connectivity index (χ1) is 16.5. The zero-order valence-electron chi connectivity index (χ0n) is 19.2. The number of thiazole rings is 1. The number of nitrogens with zero attached hydrogens (tertiary/aromatic N) is 2. The van der Waals surface area contributed by atoms with E-state index in [1.54, 1.807) is 50.2 Å². The van der Waals surface area contributed by atoms with E-state index in [1.807, 2.05) is 0 Å². The second-order valence-corrected chi connectivity index (χ2v) is 10.5. The molecule has 1 aliphatic heterocycles. The van der Waals surface area contributed by atoms with Crippen LogP contribution >= 0.6 is 11.3 Å². The lowest BCUT2D eigenvalue weighted by molar-refractivity contribution is -0.175. The minimum absolute atomic E-state index is 0.0624. The fourth-order valence-corrected chi connectivity index (χ4v) is 5.76. The number of methoxy groups -OCH3 is 1. The lowest BCUT2D eigenvalue weighted by Crippen LogP contribution is -2.61. The molecule has 0 fully saturated rings. The number of carbonyl (C=O) groups is 2. The molecule has 1 atom stereocenters. The number of alkyl halides is 3. The smallest absolute Gasteiger partial charge is 0.425 e. The molecule has 0 saturated heterocycles. The molecule has 1 amide bonds. The van der Waals surface area contributed by atoms with Gasteiger partial charge in [0.1, 0.15) is 5.75 Å². The molecule has 3 aromatic rings. The number of hydrogen-bond acceptors (Lipinski definition) is 6. The van der Waals surface area contributed by atoms with Crippen molar-refractivity contribution in [1.29, 1.82) is 0 Å². The first-order valence-corrected chi connectivity index (χ1v) is 11.7. The molecule has 0 spiro atoms. The van der Waals surface area contributed by atoms with Crippen LogP contribution in [0, 0.1) is 5.41 Å². The number of ether oxygens (including phenoxy) is 1. The van der Waals surface area contributed by atoms with Gasteiger partial charge in [-0.2, -0.15) is 13.2 Å². The second kappa shape index (κ2) is 7.81. The number of anilines is 2. The van der Waals surface area contributed by atoms with Gasteiger partial charge in [-0.1, -0.05) is 37.3 Å². The van der Waals surface area contributed by atoms with Crippen LogP contribution < -0.4 is 15.0 Å². The Labute approximate surface area is 203 Å². The number of hydrogen-bond donors (Lipinski definition) is 1. The summed E-state index contributed by atoms with van der Waals surface area (Å²) >= 11 is 1.000. The van der Waals surface area contributed by atoms with E-state index in [-0.39, 0.29) is 29.4 Å². The molecule has 1 N–H and O–H groups in total. The van der Waals surface area contributed by atoms with Gasteiger partial charge in [0.05, 0.1) is 22.9 Å². The highest BCUT2D eigenvalue weighted by Gasteiger charge is 2.71. The standard InChI is InChI=1S/C25H22F3N3O3S/c1-23(2)12-17-20(18(32)13-23)24(25(26,27)28,30-22-29-16-6-4-5-7-19(16)35-22)21(33)31(17)14-8-10-15(34-3)11-9-14/h4-11H,12-13H2,1-3H3,(H,29,30)/t24-/m1/s1. The molecule has 0 saturated carbocycles. The summed E-state index contributed by atoms with van der Waals surface area (Å²) in [6.07, 6.45) is -5.08. The van der Waals surface area contributed by atoms with E-state index in [4.69, 9.17) is 4.74 Å². The highest BCUT2D eigenvalue weighted by molar-refractivity contribution is 7.22. The van der Waals surface area contributed by atoms with Crippen molar-refractivity contribution in [2.45, 2.75) is 38.4 Å². The number of aromatic nitrogens is 1. The van der Waals surface area contributed by atoms with Gasteiger partial charge in [-0.25, -0.2) is 4.98 Å². The number of carbonyl (C=O) groups excluding carboxylic acids is 2. The number of nitrogens with one attached hydrogen (secondary N) is 1. The van der Waals surface area contributed by atoms with Crippen LogP contribution in [0.3, 0.4) is 0 Å². The fourth-order valence-electron chi connectivity index (χ4n) is 4.84. The minimum atomic E-state index is -5.11. The summed E-state index contributed by atoms with van der Waals surface area (Å²) in [4.78, 5) is 32.5. The number of benzene rings is 2. The topological polar surface area (TPSA) is 71.5 Å². The van der Waals surface area contributed by atoms with Crippen LogP contribution in [-0.4, -0.2) is 35.5 Å². The van der Waals surface area contributed by atoms with Gasteiger partial charge in [0.25, 0.3) is 5.91 Å². The first-order valence-electron chi connectivity index (χ1n) is 10.9. The molecule has 0 radical (unpaired) electrons. The van der Waals surface area contributed by atoms with Crippen molar-refractivity contribution in [2.24, 2.45) is 5.41 Å². The number of rotatable bonds is 4. The van der Waals surface area contributed by atoms with Crippen molar-refractivity contribution < 1.29 is 27.5 Å². The summed E-state index contributed by atoms with van der Waals surface area (Å²) in [5.41, 5.74) is -3.62. The maximum atomic E-state index is 15.0. The predicted octanol–water partition coefficient (Wildman–Crippen LogP) is 5.71. The summed E-state index contributed by atoms with van der Waals surface area (Å²) in [5, 5.41) is 2.32. The predicted molar refractivity (Wildman–Crippen MR) is 128 cm³/mol. The third kappa shape index (κ3) is 3.58. The van der Waals surface area contributed by atoms with Crippen LogP contribution in [-0.2, 0) is 9.59 Å².